The first-order valence-corrected chi connectivity index (χ1v) is 7.22. The number of amides is 1. The lowest BCUT2D eigenvalue weighted by Gasteiger charge is -2.39. The van der Waals surface area contributed by atoms with Crippen LogP contribution in [0.15, 0.2) is 0 Å². The quantitative estimate of drug-likeness (QED) is 0.768. The van der Waals surface area contributed by atoms with Gasteiger partial charge in [-0.3, -0.25) is 9.59 Å². The zero-order chi connectivity index (χ0) is 14.5. The minimum atomic E-state index is -0.787. The molecule has 1 aliphatic rings. The van der Waals surface area contributed by atoms with E-state index in [0.29, 0.717) is 32.4 Å². The number of carboxylic acid groups (broad SMARTS) is 1. The molecular weight excluding hydrogens is 244 g/mol. The van der Waals surface area contributed by atoms with E-state index in [1.54, 1.807) is 4.90 Å². The molecule has 1 heterocycles. The molecule has 5 heteroatoms. The van der Waals surface area contributed by atoms with Crippen LogP contribution in [0.4, 0.5) is 0 Å². The molecule has 0 aromatic carbocycles. The van der Waals surface area contributed by atoms with Gasteiger partial charge in [-0.1, -0.05) is 20.3 Å². The highest BCUT2D eigenvalue weighted by molar-refractivity contribution is 5.80. The van der Waals surface area contributed by atoms with Gasteiger partial charge < -0.3 is 15.7 Å². The number of piperidine rings is 1. The SMILES string of the molecule is CCCC(N)CC(=O)N1CCCC(CC)(C(=O)O)C1. The standard InChI is InChI=1S/C14H26N2O3/c1-3-6-11(15)9-12(17)16-8-5-7-14(4-2,10-16)13(18)19/h11H,3-10,15H2,1-2H3,(H,18,19). The molecule has 0 bridgehead atoms. The summed E-state index contributed by atoms with van der Waals surface area (Å²) in [7, 11) is 0. The van der Waals surface area contributed by atoms with Crippen molar-refractivity contribution in [3.05, 3.63) is 0 Å². The van der Waals surface area contributed by atoms with E-state index in [0.717, 1.165) is 19.3 Å². The van der Waals surface area contributed by atoms with E-state index in [1.165, 1.54) is 0 Å². The van der Waals surface area contributed by atoms with Gasteiger partial charge in [-0.25, -0.2) is 0 Å². The van der Waals surface area contributed by atoms with Gasteiger partial charge in [0.25, 0.3) is 0 Å². The van der Waals surface area contributed by atoms with Crippen LogP contribution in [0.25, 0.3) is 0 Å². The van der Waals surface area contributed by atoms with Gasteiger partial charge in [0.1, 0.15) is 0 Å². The maximum absolute atomic E-state index is 12.2. The van der Waals surface area contributed by atoms with Crippen molar-refractivity contribution in [3.8, 4) is 0 Å². The Hall–Kier alpha value is -1.10. The van der Waals surface area contributed by atoms with Gasteiger partial charge in [0.2, 0.25) is 5.91 Å². The van der Waals surface area contributed by atoms with Crippen molar-refractivity contribution in [2.24, 2.45) is 11.1 Å². The molecule has 0 spiro atoms. The number of carbonyl (C=O) groups excluding carboxylic acids is 1. The van der Waals surface area contributed by atoms with Crippen LogP contribution in [0, 0.1) is 5.41 Å². The predicted octanol–water partition coefficient (Wildman–Crippen LogP) is 1.61. The molecule has 19 heavy (non-hydrogen) atoms. The normalized spacial score (nSPS) is 25.1. The molecular formula is C14H26N2O3. The molecule has 1 amide bonds. The van der Waals surface area contributed by atoms with Crippen LogP contribution in [-0.4, -0.2) is 41.0 Å². The monoisotopic (exact) mass is 270 g/mol. The van der Waals surface area contributed by atoms with Crippen LogP contribution in [0.5, 0.6) is 0 Å². The molecule has 2 unspecified atom stereocenters. The molecule has 1 fully saturated rings. The Morgan fingerprint density at radius 1 is 1.42 bits per heavy atom. The Morgan fingerprint density at radius 3 is 2.63 bits per heavy atom. The first-order valence-electron chi connectivity index (χ1n) is 7.22. The summed E-state index contributed by atoms with van der Waals surface area (Å²) in [6, 6.07) is -0.111. The van der Waals surface area contributed by atoms with Crippen LogP contribution in [0.1, 0.15) is 52.4 Å². The van der Waals surface area contributed by atoms with Gasteiger partial charge in [0.15, 0.2) is 0 Å². The Bertz CT molecular complexity index is 333. The summed E-state index contributed by atoms with van der Waals surface area (Å²) in [6.07, 6.45) is 4.10. The predicted molar refractivity (Wildman–Crippen MR) is 73.7 cm³/mol. The molecule has 0 saturated carbocycles. The van der Waals surface area contributed by atoms with E-state index in [4.69, 9.17) is 5.73 Å². The number of hydrogen-bond donors (Lipinski definition) is 2. The number of aliphatic carboxylic acids is 1. The minimum Gasteiger partial charge on any atom is -0.481 e. The average molecular weight is 270 g/mol. The summed E-state index contributed by atoms with van der Waals surface area (Å²) in [6.45, 7) is 4.91. The summed E-state index contributed by atoms with van der Waals surface area (Å²) in [5.74, 6) is -0.787. The van der Waals surface area contributed by atoms with Crippen molar-refractivity contribution < 1.29 is 14.7 Å². The Kier molecular flexibility index (Phi) is 5.79. The van der Waals surface area contributed by atoms with Gasteiger partial charge in [0.05, 0.1) is 5.41 Å². The number of carbonyl (C=O) groups is 2. The summed E-state index contributed by atoms with van der Waals surface area (Å²) in [4.78, 5) is 25.3. The lowest BCUT2D eigenvalue weighted by Crippen LogP contribution is -2.50. The van der Waals surface area contributed by atoms with E-state index in [9.17, 15) is 14.7 Å². The van der Waals surface area contributed by atoms with Crippen molar-refractivity contribution in [2.45, 2.75) is 58.4 Å². The molecule has 3 N–H and O–H groups in total. The maximum atomic E-state index is 12.2. The van der Waals surface area contributed by atoms with Crippen LogP contribution in [0.2, 0.25) is 0 Å². The van der Waals surface area contributed by atoms with Gasteiger partial charge >= 0.3 is 5.97 Å². The minimum absolute atomic E-state index is 0.000255. The number of nitrogens with zero attached hydrogens (tertiary/aromatic N) is 1. The highest BCUT2D eigenvalue weighted by Gasteiger charge is 2.42. The first-order chi connectivity index (χ1) is 8.95. The maximum Gasteiger partial charge on any atom is 0.311 e. The highest BCUT2D eigenvalue weighted by atomic mass is 16.4. The van der Waals surface area contributed by atoms with Gasteiger partial charge in [-0.05, 0) is 25.7 Å². The fourth-order valence-corrected chi connectivity index (χ4v) is 2.79. The largest absolute Gasteiger partial charge is 0.481 e. The lowest BCUT2D eigenvalue weighted by molar-refractivity contribution is -0.155. The smallest absolute Gasteiger partial charge is 0.311 e. The molecule has 5 nitrogen and oxygen atoms in total. The highest BCUT2D eigenvalue weighted by Crippen LogP contribution is 2.33. The Morgan fingerprint density at radius 2 is 2.11 bits per heavy atom. The zero-order valence-corrected chi connectivity index (χ0v) is 12.0. The second-order valence-electron chi connectivity index (χ2n) is 5.61. The third kappa shape index (κ3) is 3.93. The van der Waals surface area contributed by atoms with Crippen molar-refractivity contribution in [2.75, 3.05) is 13.1 Å². The molecule has 0 aromatic heterocycles. The van der Waals surface area contributed by atoms with E-state index in [2.05, 4.69) is 0 Å². The van der Waals surface area contributed by atoms with E-state index < -0.39 is 11.4 Å². The van der Waals surface area contributed by atoms with Crippen LogP contribution < -0.4 is 5.73 Å². The van der Waals surface area contributed by atoms with Gasteiger partial charge in [0, 0.05) is 25.6 Å². The number of hydrogen-bond acceptors (Lipinski definition) is 3. The Balaban J connectivity index is 2.63. The fourth-order valence-electron chi connectivity index (χ4n) is 2.79. The number of likely N-dealkylation sites (tertiary alicyclic amines) is 1. The number of rotatable bonds is 6. The van der Waals surface area contributed by atoms with E-state index >= 15 is 0 Å². The molecule has 1 rings (SSSR count). The average Bonchev–Trinajstić information content (AvgIpc) is 2.38. The first kappa shape index (κ1) is 16.0. The Labute approximate surface area is 115 Å². The summed E-state index contributed by atoms with van der Waals surface area (Å²) in [5.41, 5.74) is 5.13. The molecule has 2 atom stereocenters. The zero-order valence-electron chi connectivity index (χ0n) is 12.0. The van der Waals surface area contributed by atoms with Gasteiger partial charge in [-0.2, -0.15) is 0 Å². The topological polar surface area (TPSA) is 83.6 Å². The van der Waals surface area contributed by atoms with Crippen molar-refractivity contribution in [1.29, 1.82) is 0 Å². The fraction of sp³-hybridized carbons (Fsp3) is 0.857. The molecule has 0 aromatic rings. The lowest BCUT2D eigenvalue weighted by atomic mass is 9.77. The van der Waals surface area contributed by atoms with Gasteiger partial charge in [-0.15, -0.1) is 0 Å². The van der Waals surface area contributed by atoms with Crippen LogP contribution in [0.3, 0.4) is 0 Å². The molecule has 1 aliphatic heterocycles. The second-order valence-corrected chi connectivity index (χ2v) is 5.61. The van der Waals surface area contributed by atoms with Crippen molar-refractivity contribution in [3.63, 3.8) is 0 Å². The number of carboxylic acids is 1. The van der Waals surface area contributed by atoms with Crippen molar-refractivity contribution >= 4 is 11.9 Å². The van der Waals surface area contributed by atoms with E-state index in [1.807, 2.05) is 13.8 Å². The second kappa shape index (κ2) is 6.89. The number of nitrogens with two attached hydrogens (primary N) is 1. The molecule has 0 aliphatic carbocycles. The van der Waals surface area contributed by atoms with Crippen molar-refractivity contribution in [1.82, 2.24) is 4.90 Å². The summed E-state index contributed by atoms with van der Waals surface area (Å²) in [5, 5.41) is 9.39. The summed E-state index contributed by atoms with van der Waals surface area (Å²) < 4.78 is 0. The molecule has 1 saturated heterocycles. The third-order valence-corrected chi connectivity index (χ3v) is 4.16. The molecule has 0 radical (unpaired) electrons. The van der Waals surface area contributed by atoms with Crippen LogP contribution >= 0.6 is 0 Å². The summed E-state index contributed by atoms with van der Waals surface area (Å²) >= 11 is 0. The molecule has 110 valence electrons. The van der Waals surface area contributed by atoms with Crippen LogP contribution in [-0.2, 0) is 9.59 Å². The third-order valence-electron chi connectivity index (χ3n) is 4.16. The van der Waals surface area contributed by atoms with E-state index in [-0.39, 0.29) is 11.9 Å².